The van der Waals surface area contributed by atoms with Crippen LogP contribution in [0.1, 0.15) is 24.8 Å². The number of aromatic nitrogens is 4. The quantitative estimate of drug-likeness (QED) is 0.823. The number of nitrogens with zero attached hydrogens (tertiary/aromatic N) is 4. The van der Waals surface area contributed by atoms with Gasteiger partial charge < -0.3 is 10.5 Å². The zero-order valence-electron chi connectivity index (χ0n) is 12.5. The summed E-state index contributed by atoms with van der Waals surface area (Å²) < 4.78 is 7.10. The molecule has 0 aliphatic heterocycles. The van der Waals surface area contributed by atoms with Crippen molar-refractivity contribution in [3.63, 3.8) is 0 Å². The van der Waals surface area contributed by atoms with Gasteiger partial charge in [0.1, 0.15) is 0 Å². The summed E-state index contributed by atoms with van der Waals surface area (Å²) in [5.74, 6) is 0.759. The smallest absolute Gasteiger partial charge is 0.184 e. The molecule has 1 saturated carbocycles. The number of rotatable bonds is 6. The van der Waals surface area contributed by atoms with Crippen LogP contribution in [0.4, 0.5) is 5.69 Å². The standard InChI is InChI=1S/C15H21N5O/c1-11-4-3-5-12(16)13(11)14-17-18-19-20(14)10-15(6-7-15)8-9-21-2/h3-5H,6-10,16H2,1-2H3. The predicted molar refractivity (Wildman–Crippen MR) is 80.6 cm³/mol. The molecular formula is C15H21N5O. The van der Waals surface area contributed by atoms with Crippen LogP contribution in [-0.4, -0.2) is 33.9 Å². The molecular weight excluding hydrogens is 266 g/mol. The molecule has 1 fully saturated rings. The fourth-order valence-electron chi connectivity index (χ4n) is 2.79. The van der Waals surface area contributed by atoms with Crippen molar-refractivity contribution in [2.45, 2.75) is 32.7 Å². The zero-order chi connectivity index (χ0) is 14.9. The van der Waals surface area contributed by atoms with Crippen LogP contribution in [0.5, 0.6) is 0 Å². The first-order chi connectivity index (χ1) is 10.2. The van der Waals surface area contributed by atoms with E-state index in [2.05, 4.69) is 15.5 Å². The maximum Gasteiger partial charge on any atom is 0.184 e. The van der Waals surface area contributed by atoms with Gasteiger partial charge in [-0.25, -0.2) is 4.68 Å². The van der Waals surface area contributed by atoms with Crippen molar-refractivity contribution in [1.82, 2.24) is 20.2 Å². The second kappa shape index (κ2) is 5.44. The number of nitrogens with two attached hydrogens (primary N) is 1. The van der Waals surface area contributed by atoms with E-state index in [1.54, 1.807) is 7.11 Å². The molecule has 1 aliphatic carbocycles. The Labute approximate surface area is 124 Å². The van der Waals surface area contributed by atoms with Gasteiger partial charge in [-0.1, -0.05) is 12.1 Å². The molecule has 21 heavy (non-hydrogen) atoms. The molecule has 6 nitrogen and oxygen atoms in total. The van der Waals surface area contributed by atoms with E-state index in [1.807, 2.05) is 29.8 Å². The van der Waals surface area contributed by atoms with Crippen LogP contribution < -0.4 is 5.73 Å². The summed E-state index contributed by atoms with van der Waals surface area (Å²) >= 11 is 0. The van der Waals surface area contributed by atoms with Crippen LogP contribution in [0.2, 0.25) is 0 Å². The van der Waals surface area contributed by atoms with Gasteiger partial charge in [0.2, 0.25) is 0 Å². The Balaban J connectivity index is 1.88. The lowest BCUT2D eigenvalue weighted by Gasteiger charge is -2.16. The van der Waals surface area contributed by atoms with Gasteiger partial charge in [-0.05, 0) is 53.7 Å². The normalized spacial score (nSPS) is 16.1. The van der Waals surface area contributed by atoms with Crippen LogP contribution in [-0.2, 0) is 11.3 Å². The topological polar surface area (TPSA) is 78.8 Å². The summed E-state index contributed by atoms with van der Waals surface area (Å²) in [6.45, 7) is 3.64. The second-order valence-corrected chi connectivity index (χ2v) is 5.94. The molecule has 3 rings (SSSR count). The molecule has 2 aromatic rings. The molecule has 0 spiro atoms. The van der Waals surface area contributed by atoms with Gasteiger partial charge >= 0.3 is 0 Å². The fraction of sp³-hybridized carbons (Fsp3) is 0.533. The molecule has 6 heteroatoms. The van der Waals surface area contributed by atoms with Crippen molar-refractivity contribution in [1.29, 1.82) is 0 Å². The predicted octanol–water partition coefficient (Wildman–Crippen LogP) is 2.05. The first-order valence-corrected chi connectivity index (χ1v) is 7.26. The monoisotopic (exact) mass is 287 g/mol. The highest BCUT2D eigenvalue weighted by molar-refractivity contribution is 5.74. The third-order valence-electron chi connectivity index (χ3n) is 4.34. The van der Waals surface area contributed by atoms with E-state index >= 15 is 0 Å². The van der Waals surface area contributed by atoms with Crippen LogP contribution >= 0.6 is 0 Å². The molecule has 1 aliphatic rings. The van der Waals surface area contributed by atoms with E-state index in [9.17, 15) is 0 Å². The van der Waals surface area contributed by atoms with Gasteiger partial charge in [-0.3, -0.25) is 0 Å². The number of benzene rings is 1. The summed E-state index contributed by atoms with van der Waals surface area (Å²) in [5, 5.41) is 12.2. The summed E-state index contributed by atoms with van der Waals surface area (Å²) in [6.07, 6.45) is 3.46. The fourth-order valence-corrected chi connectivity index (χ4v) is 2.79. The second-order valence-electron chi connectivity index (χ2n) is 5.94. The number of anilines is 1. The molecule has 0 amide bonds. The van der Waals surface area contributed by atoms with Gasteiger partial charge in [0, 0.05) is 25.0 Å². The molecule has 0 atom stereocenters. The average molecular weight is 287 g/mol. The van der Waals surface area contributed by atoms with E-state index in [1.165, 1.54) is 12.8 Å². The first kappa shape index (κ1) is 14.0. The Bertz CT molecular complexity index is 612. The van der Waals surface area contributed by atoms with Gasteiger partial charge in [-0.2, -0.15) is 0 Å². The number of nitrogen functional groups attached to an aromatic ring is 1. The molecule has 0 unspecified atom stereocenters. The summed E-state index contributed by atoms with van der Waals surface area (Å²) in [5.41, 5.74) is 9.14. The Morgan fingerprint density at radius 2 is 2.19 bits per heavy atom. The maximum atomic E-state index is 6.11. The number of methoxy groups -OCH3 is 1. The minimum Gasteiger partial charge on any atom is -0.398 e. The van der Waals surface area contributed by atoms with Crippen molar-refractivity contribution in [2.24, 2.45) is 5.41 Å². The van der Waals surface area contributed by atoms with Crippen molar-refractivity contribution in [3.05, 3.63) is 23.8 Å². The molecule has 1 heterocycles. The molecule has 0 saturated heterocycles. The van der Waals surface area contributed by atoms with Gasteiger partial charge in [-0.15, -0.1) is 5.10 Å². The van der Waals surface area contributed by atoms with Crippen LogP contribution in [0.25, 0.3) is 11.4 Å². The van der Waals surface area contributed by atoms with Crippen molar-refractivity contribution in [2.75, 3.05) is 19.5 Å². The number of tetrazole rings is 1. The lowest BCUT2D eigenvalue weighted by Crippen LogP contribution is -2.16. The van der Waals surface area contributed by atoms with Gasteiger partial charge in [0.25, 0.3) is 0 Å². The maximum absolute atomic E-state index is 6.11. The average Bonchev–Trinajstić information content (AvgIpc) is 3.08. The van der Waals surface area contributed by atoms with Crippen LogP contribution in [0.3, 0.4) is 0 Å². The lowest BCUT2D eigenvalue weighted by molar-refractivity contribution is 0.165. The summed E-state index contributed by atoms with van der Waals surface area (Å²) in [4.78, 5) is 0. The van der Waals surface area contributed by atoms with E-state index in [4.69, 9.17) is 10.5 Å². The Morgan fingerprint density at radius 1 is 1.38 bits per heavy atom. The Kier molecular flexibility index (Phi) is 3.63. The highest BCUT2D eigenvalue weighted by Gasteiger charge is 2.43. The number of aryl methyl sites for hydroxylation is 1. The minimum absolute atomic E-state index is 0.289. The Morgan fingerprint density at radius 3 is 2.86 bits per heavy atom. The third kappa shape index (κ3) is 2.76. The summed E-state index contributed by atoms with van der Waals surface area (Å²) in [6, 6.07) is 5.87. The number of hydrogen-bond donors (Lipinski definition) is 1. The van der Waals surface area contributed by atoms with Crippen molar-refractivity contribution >= 4 is 5.69 Å². The lowest BCUT2D eigenvalue weighted by atomic mass is 10.0. The number of hydrogen-bond acceptors (Lipinski definition) is 5. The summed E-state index contributed by atoms with van der Waals surface area (Å²) in [7, 11) is 1.74. The van der Waals surface area contributed by atoms with E-state index < -0.39 is 0 Å². The highest BCUT2D eigenvalue weighted by atomic mass is 16.5. The van der Waals surface area contributed by atoms with Gasteiger partial charge in [0.15, 0.2) is 5.82 Å². The molecule has 2 N–H and O–H groups in total. The highest BCUT2D eigenvalue weighted by Crippen LogP contribution is 2.50. The largest absolute Gasteiger partial charge is 0.398 e. The zero-order valence-corrected chi connectivity index (χ0v) is 12.5. The van der Waals surface area contributed by atoms with Crippen LogP contribution in [0, 0.1) is 12.3 Å². The van der Waals surface area contributed by atoms with E-state index in [0.717, 1.165) is 36.5 Å². The van der Waals surface area contributed by atoms with Gasteiger partial charge in [0.05, 0.1) is 6.54 Å². The molecule has 112 valence electrons. The van der Waals surface area contributed by atoms with Crippen molar-refractivity contribution in [3.8, 4) is 11.4 Å². The van der Waals surface area contributed by atoms with Crippen molar-refractivity contribution < 1.29 is 4.74 Å². The SMILES string of the molecule is COCCC1(Cn2nnnc2-c2c(C)cccc2N)CC1. The first-order valence-electron chi connectivity index (χ1n) is 7.26. The molecule has 1 aromatic carbocycles. The Hall–Kier alpha value is -1.95. The third-order valence-corrected chi connectivity index (χ3v) is 4.34. The van der Waals surface area contributed by atoms with Crippen LogP contribution in [0.15, 0.2) is 18.2 Å². The molecule has 1 aromatic heterocycles. The van der Waals surface area contributed by atoms with E-state index in [-0.39, 0.29) is 5.41 Å². The molecule has 0 radical (unpaired) electrons. The molecule has 0 bridgehead atoms. The number of ether oxygens (including phenoxy) is 1. The minimum atomic E-state index is 0.289. The van der Waals surface area contributed by atoms with E-state index in [0.29, 0.717) is 5.69 Å².